The van der Waals surface area contributed by atoms with E-state index < -0.39 is 0 Å². The van der Waals surface area contributed by atoms with Crippen molar-refractivity contribution >= 4 is 38.8 Å². The third-order valence-electron chi connectivity index (χ3n) is 3.08. The van der Waals surface area contributed by atoms with Gasteiger partial charge in [0.05, 0.1) is 15.2 Å². The topological polar surface area (TPSA) is 38.9 Å². The lowest BCUT2D eigenvalue weighted by atomic mass is 10.2. The van der Waals surface area contributed by atoms with Crippen LogP contribution in [0.3, 0.4) is 0 Å². The van der Waals surface area contributed by atoms with E-state index in [4.69, 9.17) is 17.3 Å². The van der Waals surface area contributed by atoms with Crippen LogP contribution >= 0.6 is 22.9 Å². The molecule has 0 saturated heterocycles. The highest BCUT2D eigenvalue weighted by Crippen LogP contribution is 2.35. The highest BCUT2D eigenvalue weighted by Gasteiger charge is 2.10. The molecule has 0 amide bonds. The molecule has 0 aliphatic carbocycles. The lowest BCUT2D eigenvalue weighted by Crippen LogP contribution is -1.86. The van der Waals surface area contributed by atoms with Crippen LogP contribution in [0.4, 0.5) is 5.69 Å². The average molecular weight is 289 g/mol. The summed E-state index contributed by atoms with van der Waals surface area (Å²) in [4.78, 5) is 4.64. The number of nitrogen functional groups attached to an aromatic ring is 1. The summed E-state index contributed by atoms with van der Waals surface area (Å²) in [6.07, 6.45) is 1.03. The average Bonchev–Trinajstić information content (AvgIpc) is 2.83. The Kier molecular flexibility index (Phi) is 3.17. The second-order valence-electron chi connectivity index (χ2n) is 4.41. The third kappa shape index (κ3) is 2.31. The van der Waals surface area contributed by atoms with Crippen molar-refractivity contribution in [2.75, 3.05) is 5.73 Å². The Morgan fingerprint density at radius 2 is 2.05 bits per heavy atom. The SMILES string of the molecule is CCc1ccc2nc(-c3cc(N)ccc3Cl)sc2c1. The molecule has 0 atom stereocenters. The van der Waals surface area contributed by atoms with Gasteiger partial charge < -0.3 is 5.73 Å². The molecule has 96 valence electrons. The predicted octanol–water partition coefficient (Wildman–Crippen LogP) is 4.76. The van der Waals surface area contributed by atoms with Gasteiger partial charge in [-0.1, -0.05) is 24.6 Å². The van der Waals surface area contributed by atoms with Gasteiger partial charge in [0, 0.05) is 11.3 Å². The van der Waals surface area contributed by atoms with Gasteiger partial charge in [-0.05, 0) is 42.3 Å². The maximum atomic E-state index is 6.23. The van der Waals surface area contributed by atoms with Gasteiger partial charge in [-0.25, -0.2) is 4.98 Å². The van der Waals surface area contributed by atoms with Gasteiger partial charge in [-0.3, -0.25) is 0 Å². The van der Waals surface area contributed by atoms with Crippen LogP contribution in [-0.4, -0.2) is 4.98 Å². The molecule has 3 rings (SSSR count). The first kappa shape index (κ1) is 12.5. The second-order valence-corrected chi connectivity index (χ2v) is 5.85. The quantitative estimate of drug-likeness (QED) is 0.690. The Hall–Kier alpha value is -1.58. The van der Waals surface area contributed by atoms with E-state index in [0.29, 0.717) is 10.7 Å². The molecule has 0 aliphatic rings. The van der Waals surface area contributed by atoms with E-state index in [-0.39, 0.29) is 0 Å². The molecule has 0 unspecified atom stereocenters. The van der Waals surface area contributed by atoms with Gasteiger partial charge >= 0.3 is 0 Å². The number of thiazole rings is 1. The van der Waals surface area contributed by atoms with Crippen LogP contribution in [0.1, 0.15) is 12.5 Å². The van der Waals surface area contributed by atoms with E-state index >= 15 is 0 Å². The summed E-state index contributed by atoms with van der Waals surface area (Å²) in [5.74, 6) is 0. The van der Waals surface area contributed by atoms with Gasteiger partial charge in [0.25, 0.3) is 0 Å². The maximum absolute atomic E-state index is 6.23. The molecule has 3 aromatic rings. The van der Waals surface area contributed by atoms with Gasteiger partial charge in [0.15, 0.2) is 0 Å². The van der Waals surface area contributed by atoms with Crippen molar-refractivity contribution in [3.05, 3.63) is 47.0 Å². The van der Waals surface area contributed by atoms with E-state index in [2.05, 4.69) is 30.1 Å². The zero-order valence-corrected chi connectivity index (χ0v) is 12.1. The smallest absolute Gasteiger partial charge is 0.126 e. The molecule has 0 bridgehead atoms. The minimum Gasteiger partial charge on any atom is -0.399 e. The summed E-state index contributed by atoms with van der Waals surface area (Å²) in [6.45, 7) is 2.15. The third-order valence-corrected chi connectivity index (χ3v) is 4.46. The molecule has 0 fully saturated rings. The zero-order chi connectivity index (χ0) is 13.4. The number of hydrogen-bond donors (Lipinski definition) is 1. The number of rotatable bonds is 2. The molecule has 1 heterocycles. The number of fused-ring (bicyclic) bond motifs is 1. The molecular formula is C15H13ClN2S. The monoisotopic (exact) mass is 288 g/mol. The molecular weight excluding hydrogens is 276 g/mol. The van der Waals surface area contributed by atoms with Crippen molar-refractivity contribution in [1.29, 1.82) is 0 Å². The molecule has 4 heteroatoms. The molecule has 0 radical (unpaired) electrons. The highest BCUT2D eigenvalue weighted by molar-refractivity contribution is 7.21. The van der Waals surface area contributed by atoms with Gasteiger partial charge in [-0.2, -0.15) is 0 Å². The van der Waals surface area contributed by atoms with Gasteiger partial charge in [0.2, 0.25) is 0 Å². The lowest BCUT2D eigenvalue weighted by molar-refractivity contribution is 1.15. The molecule has 19 heavy (non-hydrogen) atoms. The van der Waals surface area contributed by atoms with Crippen LogP contribution in [0.15, 0.2) is 36.4 Å². The first-order chi connectivity index (χ1) is 9.17. The Labute approximate surface area is 120 Å². The second kappa shape index (κ2) is 4.83. The Morgan fingerprint density at radius 3 is 2.84 bits per heavy atom. The number of benzene rings is 2. The van der Waals surface area contributed by atoms with Crippen molar-refractivity contribution in [3.63, 3.8) is 0 Å². The molecule has 1 aromatic heterocycles. The van der Waals surface area contributed by atoms with Crippen LogP contribution < -0.4 is 5.73 Å². The minimum absolute atomic E-state index is 0.684. The molecule has 0 spiro atoms. The minimum atomic E-state index is 0.684. The maximum Gasteiger partial charge on any atom is 0.126 e. The van der Waals surface area contributed by atoms with Crippen molar-refractivity contribution in [2.45, 2.75) is 13.3 Å². The normalized spacial score (nSPS) is 11.1. The Balaban J connectivity index is 2.17. The van der Waals surface area contributed by atoms with Crippen molar-refractivity contribution in [1.82, 2.24) is 4.98 Å². The van der Waals surface area contributed by atoms with Crippen LogP contribution in [-0.2, 0) is 6.42 Å². The Bertz CT molecular complexity index is 749. The lowest BCUT2D eigenvalue weighted by Gasteiger charge is -2.01. The standard InChI is InChI=1S/C15H13ClN2S/c1-2-9-3-6-13-14(7-9)19-15(18-13)11-8-10(17)4-5-12(11)16/h3-8H,2,17H2,1H3. The molecule has 2 nitrogen and oxygen atoms in total. The van der Waals surface area contributed by atoms with Gasteiger partial charge in [-0.15, -0.1) is 11.3 Å². The van der Waals surface area contributed by atoms with Crippen molar-refractivity contribution < 1.29 is 0 Å². The van der Waals surface area contributed by atoms with E-state index in [1.807, 2.05) is 12.1 Å². The molecule has 0 aliphatic heterocycles. The highest BCUT2D eigenvalue weighted by atomic mass is 35.5. The molecule has 2 N–H and O–H groups in total. The summed E-state index contributed by atoms with van der Waals surface area (Å²) in [5, 5.41) is 1.60. The number of anilines is 1. The number of halogens is 1. The number of nitrogens with two attached hydrogens (primary N) is 1. The summed E-state index contributed by atoms with van der Waals surface area (Å²) in [7, 11) is 0. The van der Waals surface area contributed by atoms with Crippen LogP contribution in [0.5, 0.6) is 0 Å². The van der Waals surface area contributed by atoms with E-state index in [1.165, 1.54) is 10.3 Å². The first-order valence-electron chi connectivity index (χ1n) is 6.12. The van der Waals surface area contributed by atoms with Crippen LogP contribution in [0.25, 0.3) is 20.8 Å². The van der Waals surface area contributed by atoms with Crippen molar-refractivity contribution in [2.24, 2.45) is 0 Å². The van der Waals surface area contributed by atoms with E-state index in [9.17, 15) is 0 Å². The summed E-state index contributed by atoms with van der Waals surface area (Å²) >= 11 is 7.88. The number of hydrogen-bond acceptors (Lipinski definition) is 3. The van der Waals surface area contributed by atoms with Crippen LogP contribution in [0, 0.1) is 0 Å². The van der Waals surface area contributed by atoms with E-state index in [1.54, 1.807) is 17.4 Å². The largest absolute Gasteiger partial charge is 0.399 e. The molecule has 2 aromatic carbocycles. The summed E-state index contributed by atoms with van der Waals surface area (Å²) in [6, 6.07) is 11.9. The van der Waals surface area contributed by atoms with Crippen molar-refractivity contribution in [3.8, 4) is 10.6 Å². The number of nitrogens with zero attached hydrogens (tertiary/aromatic N) is 1. The number of aromatic nitrogens is 1. The predicted molar refractivity (Wildman–Crippen MR) is 83.9 cm³/mol. The first-order valence-corrected chi connectivity index (χ1v) is 7.31. The fourth-order valence-corrected chi connectivity index (χ4v) is 3.33. The fourth-order valence-electron chi connectivity index (χ4n) is 2.01. The molecule has 0 saturated carbocycles. The van der Waals surface area contributed by atoms with Gasteiger partial charge in [0.1, 0.15) is 5.01 Å². The van der Waals surface area contributed by atoms with E-state index in [0.717, 1.165) is 22.5 Å². The number of aryl methyl sites for hydroxylation is 1. The van der Waals surface area contributed by atoms with Crippen LogP contribution in [0.2, 0.25) is 5.02 Å². The summed E-state index contributed by atoms with van der Waals surface area (Å²) < 4.78 is 1.19. The zero-order valence-electron chi connectivity index (χ0n) is 10.5. The fraction of sp³-hybridized carbons (Fsp3) is 0.133. The Morgan fingerprint density at radius 1 is 1.21 bits per heavy atom. The summed E-state index contributed by atoms with van der Waals surface area (Å²) in [5.41, 5.74) is 9.76.